The van der Waals surface area contributed by atoms with Gasteiger partial charge in [0.1, 0.15) is 33.4 Å². The van der Waals surface area contributed by atoms with Gasteiger partial charge in [0, 0.05) is 11.3 Å². The Morgan fingerprint density at radius 3 is 2.52 bits per heavy atom. The lowest BCUT2D eigenvalue weighted by atomic mass is 10.2. The van der Waals surface area contributed by atoms with Crippen LogP contribution in [0.15, 0.2) is 40.9 Å². The highest BCUT2D eigenvalue weighted by atomic mass is 32.2. The molecule has 0 spiro atoms. The van der Waals surface area contributed by atoms with E-state index in [9.17, 15) is 8.94 Å². The number of nitrogens with zero attached hydrogens (tertiary/aromatic N) is 2. The number of hydrogen-bond donors (Lipinski definition) is 0. The molecule has 0 aliphatic rings. The van der Waals surface area contributed by atoms with Gasteiger partial charge in [-0.1, -0.05) is 4.40 Å². The Bertz CT molecular complexity index is 697. The summed E-state index contributed by atoms with van der Waals surface area (Å²) in [5, 5.41) is 0. The number of hydrogen-bond acceptors (Lipinski definition) is 4. The molecule has 0 aliphatic heterocycles. The van der Waals surface area contributed by atoms with Crippen LogP contribution in [0.4, 0.5) is 4.39 Å². The van der Waals surface area contributed by atoms with Gasteiger partial charge in [-0.05, 0) is 58.0 Å². The highest BCUT2D eigenvalue weighted by Crippen LogP contribution is 2.23. The Hall–Kier alpha value is -1.92. The molecule has 6 heteroatoms. The van der Waals surface area contributed by atoms with Gasteiger partial charge in [-0.25, -0.2) is 4.39 Å². The van der Waals surface area contributed by atoms with Crippen LogP contribution in [-0.2, 0) is 11.4 Å². The summed E-state index contributed by atoms with van der Waals surface area (Å²) in [4.78, 5) is 4.14. The minimum atomic E-state index is -1.44. The van der Waals surface area contributed by atoms with Gasteiger partial charge in [0.05, 0.1) is 12.4 Å². The molecular weight excluding hydrogens is 315 g/mol. The second-order valence-electron chi connectivity index (χ2n) is 6.02. The van der Waals surface area contributed by atoms with Gasteiger partial charge < -0.3 is 9.29 Å². The first-order chi connectivity index (χ1) is 10.8. The summed E-state index contributed by atoms with van der Waals surface area (Å²) in [7, 11) is 0. The van der Waals surface area contributed by atoms with Crippen molar-refractivity contribution in [2.24, 2.45) is 4.40 Å². The summed E-state index contributed by atoms with van der Waals surface area (Å²) in [6.45, 7) is 7.30. The largest absolute Gasteiger partial charge is 0.591 e. The normalized spacial score (nSPS) is 13.3. The summed E-state index contributed by atoms with van der Waals surface area (Å²) in [5.41, 5.74) is 1.11. The highest BCUT2D eigenvalue weighted by molar-refractivity contribution is 7.91. The lowest BCUT2D eigenvalue weighted by Crippen LogP contribution is -2.25. The minimum absolute atomic E-state index is 0.222. The lowest BCUT2D eigenvalue weighted by Gasteiger charge is -2.17. The van der Waals surface area contributed by atoms with E-state index in [-0.39, 0.29) is 5.56 Å². The van der Waals surface area contributed by atoms with Crippen molar-refractivity contribution in [3.05, 3.63) is 53.6 Å². The first kappa shape index (κ1) is 17.4. The van der Waals surface area contributed by atoms with Crippen molar-refractivity contribution in [1.29, 1.82) is 0 Å². The second kappa shape index (κ2) is 7.10. The molecule has 23 heavy (non-hydrogen) atoms. The standard InChI is InChI=1S/C17H19FN2O2S/c1-12-5-6-15(11-19-12)22-14-7-8-16(18)13(9-14)10-20-23(21)17(2,3)4/h5-11H,1-4H3/t23-/m1/s1. The van der Waals surface area contributed by atoms with Crippen LogP contribution < -0.4 is 4.74 Å². The van der Waals surface area contributed by atoms with E-state index >= 15 is 0 Å². The average Bonchev–Trinajstić information content (AvgIpc) is 2.48. The molecule has 1 aromatic heterocycles. The molecule has 4 nitrogen and oxygen atoms in total. The molecule has 0 N–H and O–H groups in total. The molecule has 0 saturated carbocycles. The van der Waals surface area contributed by atoms with Gasteiger partial charge in [-0.15, -0.1) is 0 Å². The van der Waals surface area contributed by atoms with Crippen LogP contribution in [0, 0.1) is 12.7 Å². The van der Waals surface area contributed by atoms with E-state index < -0.39 is 21.9 Å². The van der Waals surface area contributed by atoms with Crippen molar-refractivity contribution < 1.29 is 13.7 Å². The van der Waals surface area contributed by atoms with Crippen molar-refractivity contribution in [3.63, 3.8) is 0 Å². The van der Waals surface area contributed by atoms with Crippen molar-refractivity contribution in [1.82, 2.24) is 4.98 Å². The van der Waals surface area contributed by atoms with Crippen LogP contribution in [0.5, 0.6) is 11.5 Å². The summed E-state index contributed by atoms with van der Waals surface area (Å²) < 4.78 is 34.8. The quantitative estimate of drug-likeness (QED) is 0.622. The second-order valence-corrected chi connectivity index (χ2v) is 7.95. The molecule has 0 unspecified atom stereocenters. The maximum atomic E-state index is 13.9. The summed E-state index contributed by atoms with van der Waals surface area (Å²) in [6, 6.07) is 7.94. The lowest BCUT2D eigenvalue weighted by molar-refractivity contribution is 0.478. The van der Waals surface area contributed by atoms with E-state index in [1.54, 1.807) is 33.0 Å². The fraction of sp³-hybridized carbons (Fsp3) is 0.294. The van der Waals surface area contributed by atoms with Crippen molar-refractivity contribution >= 4 is 17.6 Å². The SMILES string of the molecule is Cc1ccc(Oc2ccc(F)c(C=N[S@+]([O-])C(C)(C)C)c2)cn1. The third-order valence-electron chi connectivity index (χ3n) is 2.90. The summed E-state index contributed by atoms with van der Waals surface area (Å²) in [5.74, 6) is 0.567. The third kappa shape index (κ3) is 5.04. The first-order valence-electron chi connectivity index (χ1n) is 7.12. The predicted octanol–water partition coefficient (Wildman–Crippen LogP) is 4.20. The number of benzene rings is 1. The zero-order valence-electron chi connectivity index (χ0n) is 13.5. The Labute approximate surface area is 138 Å². The molecule has 0 radical (unpaired) electrons. The maximum Gasteiger partial charge on any atom is 0.145 e. The van der Waals surface area contributed by atoms with Crippen molar-refractivity contribution in [2.45, 2.75) is 32.4 Å². The monoisotopic (exact) mass is 334 g/mol. The van der Waals surface area contributed by atoms with Crippen LogP contribution in [-0.4, -0.2) is 20.5 Å². The van der Waals surface area contributed by atoms with Crippen LogP contribution in [0.1, 0.15) is 32.0 Å². The first-order valence-corrected chi connectivity index (χ1v) is 8.22. The van der Waals surface area contributed by atoms with E-state index in [1.165, 1.54) is 24.4 Å². The number of pyridine rings is 1. The van der Waals surface area contributed by atoms with E-state index in [1.807, 2.05) is 13.0 Å². The Morgan fingerprint density at radius 1 is 1.22 bits per heavy atom. The number of rotatable bonds is 4. The molecule has 122 valence electrons. The Morgan fingerprint density at radius 2 is 1.91 bits per heavy atom. The molecule has 0 fully saturated rings. The summed E-state index contributed by atoms with van der Waals surface area (Å²) in [6.07, 6.45) is 2.87. The molecule has 0 aliphatic carbocycles. The zero-order valence-corrected chi connectivity index (χ0v) is 14.4. The summed E-state index contributed by atoms with van der Waals surface area (Å²) >= 11 is -1.44. The fourth-order valence-electron chi connectivity index (χ4n) is 1.60. The topological polar surface area (TPSA) is 57.5 Å². The van der Waals surface area contributed by atoms with E-state index in [2.05, 4.69) is 9.38 Å². The number of aromatic nitrogens is 1. The van der Waals surface area contributed by atoms with Gasteiger partial charge in [-0.3, -0.25) is 4.98 Å². The van der Waals surface area contributed by atoms with E-state index in [0.717, 1.165) is 5.69 Å². The van der Waals surface area contributed by atoms with Crippen LogP contribution in [0.25, 0.3) is 0 Å². The van der Waals surface area contributed by atoms with Crippen LogP contribution in [0.3, 0.4) is 0 Å². The van der Waals surface area contributed by atoms with Crippen molar-refractivity contribution in [2.75, 3.05) is 0 Å². The molecule has 0 saturated heterocycles. The number of halogens is 1. The van der Waals surface area contributed by atoms with E-state index in [0.29, 0.717) is 11.5 Å². The highest BCUT2D eigenvalue weighted by Gasteiger charge is 2.25. The number of aryl methyl sites for hydroxylation is 1. The average molecular weight is 334 g/mol. The van der Waals surface area contributed by atoms with Crippen LogP contribution in [0.2, 0.25) is 0 Å². The molecular formula is C17H19FN2O2S. The van der Waals surface area contributed by atoms with E-state index in [4.69, 9.17) is 4.74 Å². The molecule has 1 aromatic carbocycles. The Balaban J connectivity index is 2.18. The van der Waals surface area contributed by atoms with Crippen molar-refractivity contribution in [3.8, 4) is 11.5 Å². The molecule has 1 atom stereocenters. The van der Waals surface area contributed by atoms with Crippen LogP contribution >= 0.6 is 0 Å². The molecule has 1 heterocycles. The third-order valence-corrected chi connectivity index (χ3v) is 4.24. The molecule has 2 aromatic rings. The molecule has 2 rings (SSSR count). The minimum Gasteiger partial charge on any atom is -0.591 e. The molecule has 0 amide bonds. The Kier molecular flexibility index (Phi) is 5.38. The fourth-order valence-corrected chi connectivity index (χ4v) is 2.12. The van der Waals surface area contributed by atoms with Gasteiger partial charge in [0.2, 0.25) is 0 Å². The van der Waals surface area contributed by atoms with Gasteiger partial charge in [-0.2, -0.15) is 0 Å². The predicted molar refractivity (Wildman–Crippen MR) is 90.9 cm³/mol. The number of ether oxygens (including phenoxy) is 1. The smallest absolute Gasteiger partial charge is 0.145 e. The maximum absolute atomic E-state index is 13.9. The van der Waals surface area contributed by atoms with Gasteiger partial charge in [0.15, 0.2) is 0 Å². The van der Waals surface area contributed by atoms with Gasteiger partial charge >= 0.3 is 0 Å². The molecule has 0 bridgehead atoms. The van der Waals surface area contributed by atoms with Gasteiger partial charge in [0.25, 0.3) is 0 Å². The zero-order chi connectivity index (χ0) is 17.0.